The number of carbonyl (C=O) groups is 1. The van der Waals surface area contributed by atoms with Crippen molar-refractivity contribution in [3.63, 3.8) is 0 Å². The van der Waals surface area contributed by atoms with Crippen molar-refractivity contribution in [3.8, 4) is 11.3 Å². The van der Waals surface area contributed by atoms with Crippen LogP contribution in [0.25, 0.3) is 11.3 Å². The van der Waals surface area contributed by atoms with Gasteiger partial charge in [-0.25, -0.2) is 0 Å². The summed E-state index contributed by atoms with van der Waals surface area (Å²) in [5.74, 6) is -0.948. The highest BCUT2D eigenvalue weighted by molar-refractivity contribution is 6.43. The Balaban J connectivity index is 1.60. The first-order chi connectivity index (χ1) is 13.4. The van der Waals surface area contributed by atoms with E-state index in [0.29, 0.717) is 18.6 Å². The number of oxime groups is 1. The molecule has 1 aromatic carbocycles. The number of nitrogens with zero attached hydrogens (tertiary/aromatic N) is 2. The van der Waals surface area contributed by atoms with Crippen LogP contribution in [0.2, 0.25) is 0 Å². The smallest absolute Gasteiger partial charge is 0.426 e. The molecule has 7 nitrogen and oxygen atoms in total. The fourth-order valence-electron chi connectivity index (χ4n) is 3.07. The van der Waals surface area contributed by atoms with E-state index in [1.807, 2.05) is 56.3 Å². The van der Waals surface area contributed by atoms with Gasteiger partial charge in [-0.15, -0.1) is 0 Å². The average molecular weight is 381 g/mol. The zero-order chi connectivity index (χ0) is 20.1. The van der Waals surface area contributed by atoms with Crippen LogP contribution in [0.3, 0.4) is 0 Å². The molecule has 3 N–H and O–H groups in total. The summed E-state index contributed by atoms with van der Waals surface area (Å²) in [5.41, 5.74) is 3.30. The second kappa shape index (κ2) is 8.99. The summed E-state index contributed by atoms with van der Waals surface area (Å²) in [5, 5.41) is 25.6. The minimum Gasteiger partial charge on any atom is -0.426 e. The molecular formula is C20H24BN3O4. The predicted molar refractivity (Wildman–Crippen MR) is 107 cm³/mol. The van der Waals surface area contributed by atoms with Crippen molar-refractivity contribution in [2.75, 3.05) is 0 Å². The third-order valence-electron chi connectivity index (χ3n) is 4.54. The van der Waals surface area contributed by atoms with Crippen molar-refractivity contribution in [3.05, 3.63) is 54.2 Å². The van der Waals surface area contributed by atoms with Crippen LogP contribution < -0.4 is 5.32 Å². The van der Waals surface area contributed by atoms with E-state index in [0.717, 1.165) is 16.8 Å². The number of pyridine rings is 1. The number of amides is 1. The number of hydrogen-bond acceptors (Lipinski definition) is 6. The predicted octanol–water partition coefficient (Wildman–Crippen LogP) is 1.78. The quantitative estimate of drug-likeness (QED) is 0.635. The van der Waals surface area contributed by atoms with Crippen LogP contribution >= 0.6 is 0 Å². The Bertz CT molecular complexity index is 825. The summed E-state index contributed by atoms with van der Waals surface area (Å²) in [6.45, 7) is 3.89. The zero-order valence-corrected chi connectivity index (χ0v) is 15.9. The Kier molecular flexibility index (Phi) is 6.43. The van der Waals surface area contributed by atoms with Crippen molar-refractivity contribution in [2.24, 2.45) is 11.1 Å². The normalized spacial score (nSPS) is 17.0. The molecule has 0 spiro atoms. The van der Waals surface area contributed by atoms with Gasteiger partial charge in [0.25, 0.3) is 5.91 Å². The largest absolute Gasteiger partial charge is 0.475 e. The van der Waals surface area contributed by atoms with Crippen LogP contribution in [0.5, 0.6) is 0 Å². The number of carbonyl (C=O) groups excluding carboxylic acids is 1. The minimum absolute atomic E-state index is 0.206. The minimum atomic E-state index is -1.62. The molecule has 0 saturated carbocycles. The lowest BCUT2D eigenvalue weighted by Gasteiger charge is -2.20. The van der Waals surface area contributed by atoms with E-state index in [9.17, 15) is 14.8 Å². The van der Waals surface area contributed by atoms with Crippen molar-refractivity contribution >= 4 is 18.7 Å². The maximum atomic E-state index is 12.4. The Morgan fingerprint density at radius 3 is 2.57 bits per heavy atom. The molecule has 0 saturated heterocycles. The molecule has 146 valence electrons. The summed E-state index contributed by atoms with van der Waals surface area (Å²) in [7, 11) is -1.62. The third-order valence-corrected chi connectivity index (χ3v) is 4.54. The van der Waals surface area contributed by atoms with Crippen molar-refractivity contribution in [1.82, 2.24) is 10.3 Å². The molecule has 1 aliphatic rings. The van der Waals surface area contributed by atoms with E-state index < -0.39 is 25.1 Å². The van der Waals surface area contributed by atoms with E-state index in [1.165, 1.54) is 0 Å². The summed E-state index contributed by atoms with van der Waals surface area (Å²) < 4.78 is 0. The first kappa shape index (κ1) is 20.0. The average Bonchev–Trinajstić information content (AvgIpc) is 3.18. The Morgan fingerprint density at radius 2 is 1.96 bits per heavy atom. The Morgan fingerprint density at radius 1 is 1.21 bits per heavy atom. The van der Waals surface area contributed by atoms with E-state index >= 15 is 0 Å². The van der Waals surface area contributed by atoms with Gasteiger partial charge in [-0.3, -0.25) is 9.78 Å². The molecular weight excluding hydrogens is 357 g/mol. The molecule has 2 aromatic rings. The van der Waals surface area contributed by atoms with Gasteiger partial charge in [-0.2, -0.15) is 0 Å². The fraction of sp³-hybridized carbons (Fsp3) is 0.350. The fourth-order valence-corrected chi connectivity index (χ4v) is 3.07. The summed E-state index contributed by atoms with van der Waals surface area (Å²) in [6.07, 6.45) is 1.67. The molecule has 3 rings (SSSR count). The SMILES string of the molecule is CC(C)C[C@H](NC(=O)C1CC(c2ccc(-c3ccccc3)nc2)=NO1)B(O)O. The number of hydrogen-bond donors (Lipinski definition) is 3. The highest BCUT2D eigenvalue weighted by atomic mass is 16.6. The molecule has 1 amide bonds. The molecule has 0 fully saturated rings. The summed E-state index contributed by atoms with van der Waals surface area (Å²) in [4.78, 5) is 22.1. The van der Waals surface area contributed by atoms with Gasteiger partial charge in [-0.1, -0.05) is 49.3 Å². The molecule has 8 heteroatoms. The van der Waals surface area contributed by atoms with E-state index in [4.69, 9.17) is 4.84 Å². The molecule has 28 heavy (non-hydrogen) atoms. The van der Waals surface area contributed by atoms with Gasteiger partial charge < -0.3 is 20.2 Å². The first-order valence-corrected chi connectivity index (χ1v) is 9.35. The maximum Gasteiger partial charge on any atom is 0.475 e. The topological polar surface area (TPSA) is 104 Å². The van der Waals surface area contributed by atoms with Crippen LogP contribution in [0, 0.1) is 5.92 Å². The first-order valence-electron chi connectivity index (χ1n) is 9.35. The summed E-state index contributed by atoms with van der Waals surface area (Å²) >= 11 is 0. The molecule has 0 radical (unpaired) electrons. The lowest BCUT2D eigenvalue weighted by Crippen LogP contribution is -2.50. The van der Waals surface area contributed by atoms with Crippen LogP contribution in [-0.4, -0.2) is 45.8 Å². The maximum absolute atomic E-state index is 12.4. The molecule has 0 aliphatic carbocycles. The molecule has 2 heterocycles. The Labute approximate surface area is 164 Å². The molecule has 1 aliphatic heterocycles. The monoisotopic (exact) mass is 381 g/mol. The van der Waals surface area contributed by atoms with Gasteiger partial charge in [0.15, 0.2) is 0 Å². The number of nitrogens with one attached hydrogen (secondary N) is 1. The number of rotatable bonds is 7. The number of aromatic nitrogens is 1. The lowest BCUT2D eigenvalue weighted by atomic mass is 9.75. The molecule has 0 bridgehead atoms. The Hall–Kier alpha value is -2.71. The van der Waals surface area contributed by atoms with Gasteiger partial charge in [0, 0.05) is 23.7 Å². The zero-order valence-electron chi connectivity index (χ0n) is 15.9. The second-order valence-corrected chi connectivity index (χ2v) is 7.29. The van der Waals surface area contributed by atoms with Gasteiger partial charge in [-0.05, 0) is 24.5 Å². The molecule has 1 aromatic heterocycles. The van der Waals surface area contributed by atoms with E-state index in [1.54, 1.807) is 6.20 Å². The molecule has 2 atom stereocenters. The van der Waals surface area contributed by atoms with Gasteiger partial charge >= 0.3 is 7.12 Å². The van der Waals surface area contributed by atoms with E-state index in [2.05, 4.69) is 15.5 Å². The van der Waals surface area contributed by atoms with Crippen LogP contribution in [-0.2, 0) is 9.63 Å². The number of benzene rings is 1. The third kappa shape index (κ3) is 4.96. The summed E-state index contributed by atoms with van der Waals surface area (Å²) in [6, 6.07) is 13.6. The van der Waals surface area contributed by atoms with Crippen LogP contribution in [0.1, 0.15) is 32.3 Å². The standard InChI is InChI=1S/C20H24BN3O4/c1-13(2)10-19(21(26)27)23-20(25)18-11-17(24-28-18)15-8-9-16(22-12-15)14-6-4-3-5-7-14/h3-9,12-13,18-19,26-27H,10-11H2,1-2H3,(H,23,25)/t18?,19-/m0/s1. The highest BCUT2D eigenvalue weighted by Gasteiger charge is 2.33. The van der Waals surface area contributed by atoms with Crippen LogP contribution in [0.4, 0.5) is 0 Å². The second-order valence-electron chi connectivity index (χ2n) is 7.29. The van der Waals surface area contributed by atoms with Gasteiger partial charge in [0.05, 0.1) is 17.3 Å². The highest BCUT2D eigenvalue weighted by Crippen LogP contribution is 2.20. The van der Waals surface area contributed by atoms with Crippen molar-refractivity contribution < 1.29 is 19.7 Å². The molecule has 1 unspecified atom stereocenters. The van der Waals surface area contributed by atoms with Crippen LogP contribution in [0.15, 0.2) is 53.8 Å². The van der Waals surface area contributed by atoms with E-state index in [-0.39, 0.29) is 5.92 Å². The van der Waals surface area contributed by atoms with Gasteiger partial charge in [0.1, 0.15) is 0 Å². The van der Waals surface area contributed by atoms with Crippen molar-refractivity contribution in [1.29, 1.82) is 0 Å². The lowest BCUT2D eigenvalue weighted by molar-refractivity contribution is -0.131. The van der Waals surface area contributed by atoms with Crippen molar-refractivity contribution in [2.45, 2.75) is 38.7 Å². The van der Waals surface area contributed by atoms with Gasteiger partial charge in [0.2, 0.25) is 6.10 Å².